The number of rotatable bonds is 2. The van der Waals surface area contributed by atoms with E-state index in [0.29, 0.717) is 5.02 Å². The predicted molar refractivity (Wildman–Crippen MR) is 94.5 cm³/mol. The standard InChI is InChI=1S/C19H14ClN3/c1-12-22-18(14-4-2-6-16(20)11-14)19(23-12)15-7-8-17-13(10-15)5-3-9-21-17/h2-11H,1H3,(H,22,23). The van der Waals surface area contributed by atoms with Crippen molar-refractivity contribution in [3.05, 3.63) is 71.6 Å². The van der Waals surface area contributed by atoms with Crippen LogP contribution in [0.4, 0.5) is 0 Å². The van der Waals surface area contributed by atoms with Crippen molar-refractivity contribution >= 4 is 22.5 Å². The molecule has 0 aliphatic carbocycles. The topological polar surface area (TPSA) is 41.6 Å². The van der Waals surface area contributed by atoms with Crippen LogP contribution in [0.1, 0.15) is 5.82 Å². The third-order valence-electron chi connectivity index (χ3n) is 3.81. The molecule has 3 nitrogen and oxygen atoms in total. The molecule has 0 fully saturated rings. The smallest absolute Gasteiger partial charge is 0.104 e. The zero-order chi connectivity index (χ0) is 15.8. The Morgan fingerprint density at radius 3 is 2.74 bits per heavy atom. The number of H-pyrrole nitrogens is 1. The van der Waals surface area contributed by atoms with E-state index in [0.717, 1.165) is 39.2 Å². The average Bonchev–Trinajstić information content (AvgIpc) is 2.96. The number of nitrogens with one attached hydrogen (secondary N) is 1. The second kappa shape index (κ2) is 5.52. The first-order valence-electron chi connectivity index (χ1n) is 7.38. The van der Waals surface area contributed by atoms with Gasteiger partial charge in [0.2, 0.25) is 0 Å². The summed E-state index contributed by atoms with van der Waals surface area (Å²) in [6, 6.07) is 18.0. The van der Waals surface area contributed by atoms with Crippen molar-refractivity contribution in [2.75, 3.05) is 0 Å². The Morgan fingerprint density at radius 1 is 0.957 bits per heavy atom. The SMILES string of the molecule is Cc1nc(-c2cccc(Cl)c2)c(-c2ccc3ncccc3c2)[nH]1. The minimum Gasteiger partial charge on any atom is -0.342 e. The second-order valence-electron chi connectivity index (χ2n) is 5.47. The van der Waals surface area contributed by atoms with E-state index in [1.54, 1.807) is 6.20 Å². The molecule has 0 aliphatic heterocycles. The van der Waals surface area contributed by atoms with Crippen LogP contribution >= 0.6 is 11.6 Å². The lowest BCUT2D eigenvalue weighted by Crippen LogP contribution is -1.85. The van der Waals surface area contributed by atoms with Crippen LogP contribution in [0.3, 0.4) is 0 Å². The monoisotopic (exact) mass is 319 g/mol. The summed E-state index contributed by atoms with van der Waals surface area (Å²) in [7, 11) is 0. The highest BCUT2D eigenvalue weighted by molar-refractivity contribution is 6.30. The van der Waals surface area contributed by atoms with Crippen molar-refractivity contribution in [2.45, 2.75) is 6.92 Å². The summed E-state index contributed by atoms with van der Waals surface area (Å²) in [5.41, 5.74) is 4.98. The van der Waals surface area contributed by atoms with Gasteiger partial charge in [-0.2, -0.15) is 0 Å². The van der Waals surface area contributed by atoms with Gasteiger partial charge in [0.25, 0.3) is 0 Å². The van der Waals surface area contributed by atoms with E-state index >= 15 is 0 Å². The van der Waals surface area contributed by atoms with Crippen molar-refractivity contribution in [3.63, 3.8) is 0 Å². The third-order valence-corrected chi connectivity index (χ3v) is 4.05. The van der Waals surface area contributed by atoms with Crippen molar-refractivity contribution in [1.82, 2.24) is 15.0 Å². The molecule has 0 atom stereocenters. The van der Waals surface area contributed by atoms with Gasteiger partial charge in [0.05, 0.1) is 16.9 Å². The van der Waals surface area contributed by atoms with Crippen molar-refractivity contribution < 1.29 is 0 Å². The van der Waals surface area contributed by atoms with Crippen molar-refractivity contribution in [1.29, 1.82) is 0 Å². The zero-order valence-corrected chi connectivity index (χ0v) is 13.3. The fraction of sp³-hybridized carbons (Fsp3) is 0.0526. The molecule has 2 aromatic carbocycles. The van der Waals surface area contributed by atoms with Crippen LogP contribution < -0.4 is 0 Å². The molecule has 4 heteroatoms. The summed E-state index contributed by atoms with van der Waals surface area (Å²) < 4.78 is 0. The summed E-state index contributed by atoms with van der Waals surface area (Å²) in [4.78, 5) is 12.4. The third kappa shape index (κ3) is 2.60. The number of aromatic nitrogens is 3. The van der Waals surface area contributed by atoms with Crippen molar-refractivity contribution in [2.24, 2.45) is 0 Å². The van der Waals surface area contributed by atoms with Gasteiger partial charge in [0.15, 0.2) is 0 Å². The van der Waals surface area contributed by atoms with E-state index in [1.165, 1.54) is 0 Å². The summed E-state index contributed by atoms with van der Waals surface area (Å²) in [6.07, 6.45) is 1.81. The van der Waals surface area contributed by atoms with Gasteiger partial charge in [-0.05, 0) is 37.3 Å². The van der Waals surface area contributed by atoms with Crippen LogP contribution in [-0.4, -0.2) is 15.0 Å². The fourth-order valence-corrected chi connectivity index (χ4v) is 2.97. The molecule has 112 valence electrons. The van der Waals surface area contributed by atoms with Crippen LogP contribution in [0, 0.1) is 6.92 Å². The van der Waals surface area contributed by atoms with E-state index in [2.05, 4.69) is 33.2 Å². The minimum atomic E-state index is 0.705. The molecule has 0 saturated carbocycles. The summed E-state index contributed by atoms with van der Waals surface area (Å²) in [5, 5.41) is 1.81. The number of fused-ring (bicyclic) bond motifs is 1. The first-order chi connectivity index (χ1) is 11.2. The summed E-state index contributed by atoms with van der Waals surface area (Å²) >= 11 is 6.13. The predicted octanol–water partition coefficient (Wildman–Crippen LogP) is 5.25. The van der Waals surface area contributed by atoms with Gasteiger partial charge in [-0.15, -0.1) is 0 Å². The molecule has 1 N–H and O–H groups in total. The molecule has 0 spiro atoms. The van der Waals surface area contributed by atoms with Gasteiger partial charge in [0.1, 0.15) is 5.82 Å². The number of aromatic amines is 1. The lowest BCUT2D eigenvalue weighted by Gasteiger charge is -2.05. The van der Waals surface area contributed by atoms with Gasteiger partial charge in [-0.1, -0.05) is 35.9 Å². The Balaban J connectivity index is 1.91. The van der Waals surface area contributed by atoms with Gasteiger partial charge in [-0.25, -0.2) is 4.98 Å². The lowest BCUT2D eigenvalue weighted by atomic mass is 10.0. The number of pyridine rings is 1. The fourth-order valence-electron chi connectivity index (χ4n) is 2.78. The number of halogens is 1. The van der Waals surface area contributed by atoms with Gasteiger partial charge in [0, 0.05) is 27.7 Å². The van der Waals surface area contributed by atoms with Crippen molar-refractivity contribution in [3.8, 4) is 22.5 Å². The average molecular weight is 320 g/mol. The van der Waals surface area contributed by atoms with Gasteiger partial charge in [-0.3, -0.25) is 4.98 Å². The largest absolute Gasteiger partial charge is 0.342 e. The highest BCUT2D eigenvalue weighted by Crippen LogP contribution is 2.32. The number of benzene rings is 2. The molecule has 4 rings (SSSR count). The van der Waals surface area contributed by atoms with Crippen LogP contribution in [0.5, 0.6) is 0 Å². The number of aryl methyl sites for hydroxylation is 1. The number of imidazole rings is 1. The lowest BCUT2D eigenvalue weighted by molar-refractivity contribution is 1.15. The normalized spacial score (nSPS) is 11.0. The Labute approximate surface area is 139 Å². The maximum Gasteiger partial charge on any atom is 0.104 e. The first-order valence-corrected chi connectivity index (χ1v) is 7.76. The van der Waals surface area contributed by atoms with E-state index in [1.807, 2.05) is 43.3 Å². The number of nitrogens with zero attached hydrogens (tertiary/aromatic N) is 2. The quantitative estimate of drug-likeness (QED) is 0.548. The molecular weight excluding hydrogens is 306 g/mol. The Hall–Kier alpha value is -2.65. The highest BCUT2D eigenvalue weighted by Gasteiger charge is 2.13. The molecule has 2 heterocycles. The Bertz CT molecular complexity index is 1000. The van der Waals surface area contributed by atoms with E-state index in [9.17, 15) is 0 Å². The molecule has 4 aromatic rings. The van der Waals surface area contributed by atoms with Gasteiger partial charge >= 0.3 is 0 Å². The molecule has 0 bridgehead atoms. The maximum absolute atomic E-state index is 6.13. The maximum atomic E-state index is 6.13. The number of hydrogen-bond acceptors (Lipinski definition) is 2. The highest BCUT2D eigenvalue weighted by atomic mass is 35.5. The molecular formula is C19H14ClN3. The van der Waals surface area contributed by atoms with Gasteiger partial charge < -0.3 is 4.98 Å². The molecule has 0 unspecified atom stereocenters. The molecule has 23 heavy (non-hydrogen) atoms. The molecule has 2 aromatic heterocycles. The first kappa shape index (κ1) is 14.0. The van der Waals surface area contributed by atoms with E-state index in [-0.39, 0.29) is 0 Å². The zero-order valence-electron chi connectivity index (χ0n) is 12.5. The van der Waals surface area contributed by atoms with Crippen LogP contribution in [0.2, 0.25) is 5.02 Å². The van der Waals surface area contributed by atoms with E-state index < -0.39 is 0 Å². The molecule has 0 saturated heterocycles. The Kier molecular flexibility index (Phi) is 3.36. The van der Waals surface area contributed by atoms with Crippen LogP contribution in [-0.2, 0) is 0 Å². The van der Waals surface area contributed by atoms with Crippen LogP contribution in [0.15, 0.2) is 60.8 Å². The second-order valence-corrected chi connectivity index (χ2v) is 5.90. The molecule has 0 amide bonds. The molecule has 0 aliphatic rings. The number of hydrogen-bond donors (Lipinski definition) is 1. The van der Waals surface area contributed by atoms with Crippen LogP contribution in [0.25, 0.3) is 33.4 Å². The molecule has 0 radical (unpaired) electrons. The van der Waals surface area contributed by atoms with E-state index in [4.69, 9.17) is 11.6 Å². The minimum absolute atomic E-state index is 0.705. The summed E-state index contributed by atoms with van der Waals surface area (Å²) in [5.74, 6) is 0.876. The summed E-state index contributed by atoms with van der Waals surface area (Å²) in [6.45, 7) is 1.96. The Morgan fingerprint density at radius 2 is 1.87 bits per heavy atom.